The smallest absolute Gasteiger partial charge is 0.0897 e. The van der Waals surface area contributed by atoms with Crippen molar-refractivity contribution in [2.24, 2.45) is 0 Å². The Morgan fingerprint density at radius 2 is 2.06 bits per heavy atom. The first-order valence-corrected chi connectivity index (χ1v) is 6.81. The molecule has 0 aliphatic rings. The summed E-state index contributed by atoms with van der Waals surface area (Å²) in [6, 6.07) is 7.52. The van der Waals surface area contributed by atoms with Crippen LogP contribution in [0.1, 0.15) is 25.3 Å². The number of nitrogens with one attached hydrogen (secondary N) is 1. The molecule has 1 atom stereocenters. The second-order valence-electron chi connectivity index (χ2n) is 4.35. The summed E-state index contributed by atoms with van der Waals surface area (Å²) in [5.41, 5.74) is 1.06. The van der Waals surface area contributed by atoms with Gasteiger partial charge in [0, 0.05) is 11.6 Å². The van der Waals surface area contributed by atoms with Gasteiger partial charge in [-0.1, -0.05) is 37.1 Å². The molecule has 0 aliphatic heterocycles. The zero-order valence-electron chi connectivity index (χ0n) is 10.9. The second kappa shape index (κ2) is 9.34. The van der Waals surface area contributed by atoms with Gasteiger partial charge in [0.2, 0.25) is 0 Å². The summed E-state index contributed by atoms with van der Waals surface area (Å²) in [5, 5.41) is 13.6. The quantitative estimate of drug-likeness (QED) is 0.679. The van der Waals surface area contributed by atoms with Crippen molar-refractivity contribution < 1.29 is 9.84 Å². The van der Waals surface area contributed by atoms with Gasteiger partial charge in [0.1, 0.15) is 0 Å². The van der Waals surface area contributed by atoms with Crippen molar-refractivity contribution in [1.29, 1.82) is 0 Å². The number of aliphatic hydroxyl groups excluding tert-OH is 1. The normalized spacial score (nSPS) is 12.6. The van der Waals surface area contributed by atoms with Crippen molar-refractivity contribution in [3.05, 3.63) is 34.9 Å². The predicted octanol–water partition coefficient (Wildman–Crippen LogP) is 2.61. The van der Waals surface area contributed by atoms with Crippen molar-refractivity contribution in [2.75, 3.05) is 19.7 Å². The third kappa shape index (κ3) is 6.97. The van der Waals surface area contributed by atoms with E-state index in [-0.39, 0.29) is 0 Å². The van der Waals surface area contributed by atoms with Gasteiger partial charge in [0.05, 0.1) is 19.3 Å². The van der Waals surface area contributed by atoms with Crippen LogP contribution in [0.5, 0.6) is 0 Å². The SMILES string of the molecule is CCCCNCC(O)COCc1ccc(Cl)cc1. The minimum atomic E-state index is -0.450. The highest BCUT2D eigenvalue weighted by molar-refractivity contribution is 6.30. The largest absolute Gasteiger partial charge is 0.389 e. The number of hydrogen-bond acceptors (Lipinski definition) is 3. The fraction of sp³-hybridized carbons (Fsp3) is 0.571. The van der Waals surface area contributed by atoms with Gasteiger partial charge in [0.15, 0.2) is 0 Å². The zero-order chi connectivity index (χ0) is 13.2. The molecule has 0 spiro atoms. The number of benzene rings is 1. The Labute approximate surface area is 114 Å². The summed E-state index contributed by atoms with van der Waals surface area (Å²) in [7, 11) is 0. The van der Waals surface area contributed by atoms with Gasteiger partial charge in [-0.3, -0.25) is 0 Å². The number of aliphatic hydroxyl groups is 1. The Balaban J connectivity index is 2.07. The van der Waals surface area contributed by atoms with Crippen LogP contribution < -0.4 is 5.32 Å². The van der Waals surface area contributed by atoms with Crippen LogP contribution in [-0.2, 0) is 11.3 Å². The lowest BCUT2D eigenvalue weighted by molar-refractivity contribution is 0.0289. The number of unbranched alkanes of at least 4 members (excludes halogenated alkanes) is 1. The summed E-state index contributed by atoms with van der Waals surface area (Å²) in [5.74, 6) is 0. The molecular weight excluding hydrogens is 250 g/mol. The van der Waals surface area contributed by atoms with Gasteiger partial charge in [-0.2, -0.15) is 0 Å². The lowest BCUT2D eigenvalue weighted by Crippen LogP contribution is -2.30. The first-order valence-electron chi connectivity index (χ1n) is 6.43. The number of halogens is 1. The third-order valence-corrected chi connectivity index (χ3v) is 2.83. The molecule has 1 aromatic rings. The second-order valence-corrected chi connectivity index (χ2v) is 4.79. The molecule has 0 saturated heterocycles. The number of ether oxygens (including phenoxy) is 1. The maximum absolute atomic E-state index is 9.66. The average molecular weight is 272 g/mol. The third-order valence-electron chi connectivity index (χ3n) is 2.58. The van der Waals surface area contributed by atoms with Crippen LogP contribution in [0.25, 0.3) is 0 Å². The molecule has 0 heterocycles. The van der Waals surface area contributed by atoms with E-state index in [1.807, 2.05) is 24.3 Å². The van der Waals surface area contributed by atoms with E-state index in [1.54, 1.807) is 0 Å². The summed E-state index contributed by atoms with van der Waals surface area (Å²) >= 11 is 5.79. The van der Waals surface area contributed by atoms with Crippen LogP contribution in [0.2, 0.25) is 5.02 Å². The van der Waals surface area contributed by atoms with E-state index in [4.69, 9.17) is 16.3 Å². The molecule has 3 nitrogen and oxygen atoms in total. The standard InChI is InChI=1S/C14H22ClNO2/c1-2-3-8-16-9-14(17)11-18-10-12-4-6-13(15)7-5-12/h4-7,14,16-17H,2-3,8-11H2,1H3. The molecule has 1 unspecified atom stereocenters. The molecule has 4 heteroatoms. The molecule has 0 fully saturated rings. The summed E-state index contributed by atoms with van der Waals surface area (Å²) in [6.07, 6.45) is 1.85. The van der Waals surface area contributed by atoms with Crippen molar-refractivity contribution in [3.63, 3.8) is 0 Å². The maximum atomic E-state index is 9.66. The maximum Gasteiger partial charge on any atom is 0.0897 e. The van der Waals surface area contributed by atoms with Gasteiger partial charge in [-0.25, -0.2) is 0 Å². The summed E-state index contributed by atoms with van der Waals surface area (Å²) < 4.78 is 5.45. The molecule has 0 saturated carbocycles. The Kier molecular flexibility index (Phi) is 8.01. The van der Waals surface area contributed by atoms with E-state index >= 15 is 0 Å². The fourth-order valence-electron chi connectivity index (χ4n) is 1.52. The Morgan fingerprint density at radius 1 is 1.33 bits per heavy atom. The van der Waals surface area contributed by atoms with Crippen molar-refractivity contribution in [2.45, 2.75) is 32.5 Å². The first kappa shape index (κ1) is 15.4. The Hall–Kier alpha value is -0.610. The monoisotopic (exact) mass is 271 g/mol. The molecule has 1 aromatic carbocycles. The van der Waals surface area contributed by atoms with Gasteiger partial charge in [0.25, 0.3) is 0 Å². The van der Waals surface area contributed by atoms with Gasteiger partial charge < -0.3 is 15.2 Å². The molecule has 0 bridgehead atoms. The summed E-state index contributed by atoms with van der Waals surface area (Å²) in [6.45, 7) is 4.53. The minimum Gasteiger partial charge on any atom is -0.389 e. The average Bonchev–Trinajstić information content (AvgIpc) is 2.37. The molecule has 1 rings (SSSR count). The van der Waals surface area contributed by atoms with Crippen LogP contribution in [0, 0.1) is 0 Å². The highest BCUT2D eigenvalue weighted by Gasteiger charge is 2.03. The van der Waals surface area contributed by atoms with E-state index < -0.39 is 6.10 Å². The van der Waals surface area contributed by atoms with Crippen LogP contribution in [0.15, 0.2) is 24.3 Å². The summed E-state index contributed by atoms with van der Waals surface area (Å²) in [4.78, 5) is 0. The number of rotatable bonds is 9. The van der Waals surface area contributed by atoms with Crippen LogP contribution >= 0.6 is 11.6 Å². The molecule has 0 aliphatic carbocycles. The Bertz CT molecular complexity index is 316. The Morgan fingerprint density at radius 3 is 2.72 bits per heavy atom. The molecule has 0 amide bonds. The van der Waals surface area contributed by atoms with E-state index in [1.165, 1.54) is 0 Å². The van der Waals surface area contributed by atoms with E-state index in [0.29, 0.717) is 19.8 Å². The van der Waals surface area contributed by atoms with Gasteiger partial charge >= 0.3 is 0 Å². The van der Waals surface area contributed by atoms with Gasteiger partial charge in [-0.05, 0) is 30.7 Å². The van der Waals surface area contributed by atoms with E-state index in [0.717, 1.165) is 30.0 Å². The molecule has 102 valence electrons. The van der Waals surface area contributed by atoms with Crippen LogP contribution in [0.4, 0.5) is 0 Å². The highest BCUT2D eigenvalue weighted by atomic mass is 35.5. The van der Waals surface area contributed by atoms with Gasteiger partial charge in [-0.15, -0.1) is 0 Å². The van der Waals surface area contributed by atoms with Crippen molar-refractivity contribution in [3.8, 4) is 0 Å². The molecule has 0 radical (unpaired) electrons. The highest BCUT2D eigenvalue weighted by Crippen LogP contribution is 2.10. The molecule has 18 heavy (non-hydrogen) atoms. The lowest BCUT2D eigenvalue weighted by atomic mass is 10.2. The first-order chi connectivity index (χ1) is 8.72. The molecular formula is C14H22ClNO2. The molecule has 2 N–H and O–H groups in total. The van der Waals surface area contributed by atoms with E-state index in [9.17, 15) is 5.11 Å². The molecule has 0 aromatic heterocycles. The van der Waals surface area contributed by atoms with Crippen molar-refractivity contribution >= 4 is 11.6 Å². The zero-order valence-corrected chi connectivity index (χ0v) is 11.6. The number of hydrogen-bond donors (Lipinski definition) is 2. The van der Waals surface area contributed by atoms with Crippen LogP contribution in [-0.4, -0.2) is 30.9 Å². The van der Waals surface area contributed by atoms with E-state index in [2.05, 4.69) is 12.2 Å². The fourth-order valence-corrected chi connectivity index (χ4v) is 1.65. The van der Waals surface area contributed by atoms with Crippen molar-refractivity contribution in [1.82, 2.24) is 5.32 Å². The predicted molar refractivity (Wildman–Crippen MR) is 74.9 cm³/mol. The minimum absolute atomic E-state index is 0.349. The van der Waals surface area contributed by atoms with Crippen LogP contribution in [0.3, 0.4) is 0 Å². The topological polar surface area (TPSA) is 41.5 Å². The lowest BCUT2D eigenvalue weighted by Gasteiger charge is -2.12.